The molecule has 0 bridgehead atoms. The van der Waals surface area contributed by atoms with Crippen LogP contribution in [0, 0.1) is 0 Å². The first-order valence-corrected chi connectivity index (χ1v) is 8.42. The normalized spacial score (nSPS) is 11.0. The van der Waals surface area contributed by atoms with Crippen LogP contribution in [-0.4, -0.2) is 9.97 Å². The smallest absolute Gasteiger partial charge is 0.0931 e. The standard InChI is InChI=1S/C22H20N2/c1-3-7-17(8-4-1)11-12-19-13-14-21-22(24-16-23-21)20(19)15-18-9-5-2-6-10-18/h1-10,13-14,16H,11-12,15H2,(H,23,24). The van der Waals surface area contributed by atoms with Gasteiger partial charge in [-0.25, -0.2) is 4.98 Å². The number of imidazole rings is 1. The molecule has 0 saturated carbocycles. The second-order valence-corrected chi connectivity index (χ2v) is 6.15. The maximum Gasteiger partial charge on any atom is 0.0931 e. The molecule has 118 valence electrons. The zero-order chi connectivity index (χ0) is 16.2. The molecule has 0 amide bonds. The van der Waals surface area contributed by atoms with Crippen LogP contribution in [0.4, 0.5) is 0 Å². The van der Waals surface area contributed by atoms with E-state index in [-0.39, 0.29) is 0 Å². The van der Waals surface area contributed by atoms with Gasteiger partial charge in [0, 0.05) is 0 Å². The number of H-pyrrole nitrogens is 1. The number of benzene rings is 3. The molecule has 2 nitrogen and oxygen atoms in total. The minimum atomic E-state index is 0.924. The van der Waals surface area contributed by atoms with E-state index in [2.05, 4.69) is 82.8 Å². The Hall–Kier alpha value is -2.87. The van der Waals surface area contributed by atoms with E-state index in [9.17, 15) is 0 Å². The van der Waals surface area contributed by atoms with Gasteiger partial charge < -0.3 is 4.98 Å². The molecule has 0 aliphatic carbocycles. The number of hydrogen-bond acceptors (Lipinski definition) is 1. The number of aryl methyl sites for hydroxylation is 2. The van der Waals surface area contributed by atoms with Gasteiger partial charge in [0.1, 0.15) is 0 Å². The fourth-order valence-electron chi connectivity index (χ4n) is 3.26. The lowest BCUT2D eigenvalue weighted by Gasteiger charge is -2.11. The molecule has 0 unspecified atom stereocenters. The number of rotatable bonds is 5. The second-order valence-electron chi connectivity index (χ2n) is 6.15. The highest BCUT2D eigenvalue weighted by Gasteiger charge is 2.11. The third-order valence-electron chi connectivity index (χ3n) is 4.54. The summed E-state index contributed by atoms with van der Waals surface area (Å²) in [6, 6.07) is 25.7. The Morgan fingerprint density at radius 1 is 0.708 bits per heavy atom. The van der Waals surface area contributed by atoms with Crippen LogP contribution < -0.4 is 0 Å². The van der Waals surface area contributed by atoms with Gasteiger partial charge in [-0.15, -0.1) is 0 Å². The topological polar surface area (TPSA) is 28.7 Å². The van der Waals surface area contributed by atoms with Gasteiger partial charge in [0.15, 0.2) is 0 Å². The van der Waals surface area contributed by atoms with Crippen molar-refractivity contribution in [2.24, 2.45) is 0 Å². The van der Waals surface area contributed by atoms with Crippen molar-refractivity contribution in [3.05, 3.63) is 101 Å². The van der Waals surface area contributed by atoms with E-state index in [0.29, 0.717) is 0 Å². The van der Waals surface area contributed by atoms with Gasteiger partial charge in [-0.05, 0) is 47.6 Å². The molecule has 0 spiro atoms. The van der Waals surface area contributed by atoms with Crippen molar-refractivity contribution < 1.29 is 0 Å². The van der Waals surface area contributed by atoms with Gasteiger partial charge in [0.2, 0.25) is 0 Å². The lowest BCUT2D eigenvalue weighted by Crippen LogP contribution is -2.00. The first-order chi connectivity index (χ1) is 11.9. The van der Waals surface area contributed by atoms with Gasteiger partial charge in [-0.1, -0.05) is 66.7 Å². The lowest BCUT2D eigenvalue weighted by molar-refractivity contribution is 0.941. The summed E-state index contributed by atoms with van der Waals surface area (Å²) in [5.74, 6) is 0. The fraction of sp³-hybridized carbons (Fsp3) is 0.136. The lowest BCUT2D eigenvalue weighted by atomic mass is 9.94. The molecule has 0 fully saturated rings. The third kappa shape index (κ3) is 3.09. The largest absolute Gasteiger partial charge is 0.345 e. The number of nitrogens with zero attached hydrogens (tertiary/aromatic N) is 1. The maximum absolute atomic E-state index is 4.57. The van der Waals surface area contributed by atoms with Crippen LogP contribution in [0.15, 0.2) is 79.1 Å². The molecule has 1 N–H and O–H groups in total. The van der Waals surface area contributed by atoms with Gasteiger partial charge in [0.05, 0.1) is 17.4 Å². The molecule has 0 saturated heterocycles. The molecular weight excluding hydrogens is 292 g/mol. The Morgan fingerprint density at radius 2 is 1.42 bits per heavy atom. The Balaban J connectivity index is 1.67. The molecule has 0 aliphatic heterocycles. The molecule has 24 heavy (non-hydrogen) atoms. The zero-order valence-corrected chi connectivity index (χ0v) is 13.6. The average molecular weight is 312 g/mol. The van der Waals surface area contributed by atoms with Crippen LogP contribution in [0.25, 0.3) is 11.0 Å². The average Bonchev–Trinajstić information content (AvgIpc) is 3.12. The van der Waals surface area contributed by atoms with Crippen LogP contribution >= 0.6 is 0 Å². The molecule has 0 atom stereocenters. The Bertz CT molecular complexity index is 924. The minimum Gasteiger partial charge on any atom is -0.345 e. The van der Waals surface area contributed by atoms with E-state index in [1.165, 1.54) is 22.3 Å². The van der Waals surface area contributed by atoms with Crippen molar-refractivity contribution in [1.29, 1.82) is 0 Å². The third-order valence-corrected chi connectivity index (χ3v) is 4.54. The first-order valence-electron chi connectivity index (χ1n) is 8.42. The summed E-state index contributed by atoms with van der Waals surface area (Å²) >= 11 is 0. The van der Waals surface area contributed by atoms with Crippen LogP contribution in [-0.2, 0) is 19.3 Å². The molecule has 0 aliphatic rings. The van der Waals surface area contributed by atoms with Gasteiger partial charge >= 0.3 is 0 Å². The van der Waals surface area contributed by atoms with Gasteiger partial charge in [0.25, 0.3) is 0 Å². The SMILES string of the molecule is c1ccc(CCc2ccc3[nH]cnc3c2Cc2ccccc2)cc1. The Kier molecular flexibility index (Phi) is 4.11. The minimum absolute atomic E-state index is 0.924. The molecule has 4 aromatic rings. The van der Waals surface area contributed by atoms with E-state index < -0.39 is 0 Å². The maximum atomic E-state index is 4.57. The molecule has 3 aromatic carbocycles. The number of hydrogen-bond donors (Lipinski definition) is 1. The van der Waals surface area contributed by atoms with Crippen LogP contribution in [0.5, 0.6) is 0 Å². The van der Waals surface area contributed by atoms with Crippen molar-refractivity contribution in [2.75, 3.05) is 0 Å². The fourth-order valence-corrected chi connectivity index (χ4v) is 3.26. The number of nitrogens with one attached hydrogen (secondary N) is 1. The highest BCUT2D eigenvalue weighted by Crippen LogP contribution is 2.24. The van der Waals surface area contributed by atoms with Crippen molar-refractivity contribution in [3.63, 3.8) is 0 Å². The van der Waals surface area contributed by atoms with E-state index in [1.807, 2.05) is 0 Å². The summed E-state index contributed by atoms with van der Waals surface area (Å²) in [4.78, 5) is 7.81. The highest BCUT2D eigenvalue weighted by atomic mass is 14.9. The Labute approximate surface area is 142 Å². The molecule has 2 heteroatoms. The number of aromatic nitrogens is 2. The van der Waals surface area contributed by atoms with E-state index >= 15 is 0 Å². The van der Waals surface area contributed by atoms with Gasteiger partial charge in [-0.2, -0.15) is 0 Å². The zero-order valence-electron chi connectivity index (χ0n) is 13.6. The van der Waals surface area contributed by atoms with Crippen LogP contribution in [0.1, 0.15) is 22.3 Å². The highest BCUT2D eigenvalue weighted by molar-refractivity contribution is 5.80. The summed E-state index contributed by atoms with van der Waals surface area (Å²) in [5, 5.41) is 0. The predicted molar refractivity (Wildman–Crippen MR) is 99.2 cm³/mol. The monoisotopic (exact) mass is 312 g/mol. The van der Waals surface area contributed by atoms with Crippen LogP contribution in [0.2, 0.25) is 0 Å². The molecule has 0 radical (unpaired) electrons. The molecular formula is C22H20N2. The molecule has 1 heterocycles. The van der Waals surface area contributed by atoms with Crippen molar-refractivity contribution in [2.45, 2.75) is 19.3 Å². The quantitative estimate of drug-likeness (QED) is 0.555. The first kappa shape index (κ1) is 14.7. The summed E-state index contributed by atoms with van der Waals surface area (Å²) in [5.41, 5.74) is 7.66. The van der Waals surface area contributed by atoms with E-state index in [4.69, 9.17) is 0 Å². The van der Waals surface area contributed by atoms with E-state index in [1.54, 1.807) is 6.33 Å². The Morgan fingerprint density at radius 3 is 2.17 bits per heavy atom. The molecule has 4 rings (SSSR count). The number of aromatic amines is 1. The summed E-state index contributed by atoms with van der Waals surface area (Å²) in [6.07, 6.45) is 4.81. The van der Waals surface area contributed by atoms with E-state index in [0.717, 1.165) is 30.3 Å². The summed E-state index contributed by atoms with van der Waals surface area (Å²) in [6.45, 7) is 0. The van der Waals surface area contributed by atoms with Crippen LogP contribution in [0.3, 0.4) is 0 Å². The molecule has 1 aromatic heterocycles. The van der Waals surface area contributed by atoms with Crippen molar-refractivity contribution in [1.82, 2.24) is 9.97 Å². The second kappa shape index (κ2) is 6.71. The summed E-state index contributed by atoms with van der Waals surface area (Å²) in [7, 11) is 0. The van der Waals surface area contributed by atoms with Crippen molar-refractivity contribution >= 4 is 11.0 Å². The van der Waals surface area contributed by atoms with Gasteiger partial charge in [-0.3, -0.25) is 0 Å². The number of fused-ring (bicyclic) bond motifs is 1. The van der Waals surface area contributed by atoms with Crippen molar-refractivity contribution in [3.8, 4) is 0 Å². The predicted octanol–water partition coefficient (Wildman–Crippen LogP) is 4.94. The summed E-state index contributed by atoms with van der Waals surface area (Å²) < 4.78 is 0.